The number of H-pyrrole nitrogens is 1. The molecule has 0 saturated heterocycles. The van der Waals surface area contributed by atoms with Crippen LogP contribution in [0.15, 0.2) is 71.8 Å². The summed E-state index contributed by atoms with van der Waals surface area (Å²) in [7, 11) is 3.70. The van der Waals surface area contributed by atoms with Crippen LogP contribution in [-0.4, -0.2) is 29.1 Å². The molecule has 0 bridgehead atoms. The zero-order valence-corrected chi connectivity index (χ0v) is 17.0. The number of methoxy groups -OCH3 is 1. The number of nitrogens with one attached hydrogen (secondary N) is 1. The molecule has 0 fully saturated rings. The first kappa shape index (κ1) is 19.6. The van der Waals surface area contributed by atoms with Gasteiger partial charge < -0.3 is 14.4 Å². The van der Waals surface area contributed by atoms with Crippen molar-refractivity contribution in [2.75, 3.05) is 19.1 Å². The molecule has 0 aliphatic heterocycles. The van der Waals surface area contributed by atoms with Gasteiger partial charge >= 0.3 is 6.01 Å². The van der Waals surface area contributed by atoms with Crippen molar-refractivity contribution in [1.82, 2.24) is 15.0 Å². The molecular weight excluding hydrogens is 380 g/mol. The van der Waals surface area contributed by atoms with Crippen LogP contribution < -0.4 is 15.2 Å². The summed E-state index contributed by atoms with van der Waals surface area (Å²) in [6.45, 7) is 2.02. The number of pyridine rings is 1. The van der Waals surface area contributed by atoms with Gasteiger partial charge in [-0.1, -0.05) is 12.1 Å². The summed E-state index contributed by atoms with van der Waals surface area (Å²) in [6, 6.07) is 17.6. The Bertz CT molecular complexity index is 1200. The average molecular weight is 402 g/mol. The third kappa shape index (κ3) is 4.01. The number of ether oxygens (including phenoxy) is 2. The maximum atomic E-state index is 12.2. The zero-order chi connectivity index (χ0) is 21.1. The summed E-state index contributed by atoms with van der Waals surface area (Å²) >= 11 is 0. The van der Waals surface area contributed by atoms with Crippen molar-refractivity contribution >= 4 is 22.3 Å². The van der Waals surface area contributed by atoms with E-state index in [0.717, 1.165) is 16.9 Å². The molecule has 0 amide bonds. The van der Waals surface area contributed by atoms with Crippen molar-refractivity contribution in [3.05, 3.63) is 82.9 Å². The highest BCUT2D eigenvalue weighted by Crippen LogP contribution is 2.28. The first-order valence-electron chi connectivity index (χ1n) is 9.53. The molecule has 4 rings (SSSR count). The summed E-state index contributed by atoms with van der Waals surface area (Å²) < 4.78 is 11.1. The molecule has 2 aromatic heterocycles. The molecule has 2 heterocycles. The van der Waals surface area contributed by atoms with Gasteiger partial charge in [0.1, 0.15) is 5.75 Å². The number of anilines is 2. The number of nitrogens with zero attached hydrogens (tertiary/aromatic N) is 3. The van der Waals surface area contributed by atoms with Crippen LogP contribution in [0, 0.1) is 0 Å². The van der Waals surface area contributed by atoms with Crippen LogP contribution in [0.2, 0.25) is 0 Å². The third-order valence-electron chi connectivity index (χ3n) is 5.03. The van der Waals surface area contributed by atoms with Crippen LogP contribution >= 0.6 is 0 Å². The highest BCUT2D eigenvalue weighted by molar-refractivity contribution is 5.76. The number of rotatable bonds is 6. The molecule has 0 aliphatic carbocycles. The highest BCUT2D eigenvalue weighted by Gasteiger charge is 2.09. The fraction of sp³-hybridized carbons (Fsp3) is 0.174. The number of fused-ring (bicyclic) bond motifs is 1. The van der Waals surface area contributed by atoms with Gasteiger partial charge in [0.05, 0.1) is 23.2 Å². The molecular formula is C23H22N4O3. The molecule has 7 nitrogen and oxygen atoms in total. The molecule has 7 heteroatoms. The lowest BCUT2D eigenvalue weighted by molar-refractivity contribution is 0.119. The maximum Gasteiger partial charge on any atom is 0.302 e. The van der Waals surface area contributed by atoms with Crippen molar-refractivity contribution in [3.63, 3.8) is 0 Å². The van der Waals surface area contributed by atoms with E-state index < -0.39 is 0 Å². The van der Waals surface area contributed by atoms with Gasteiger partial charge in [0.25, 0.3) is 5.56 Å². The SMILES string of the molecule is COC(C)c1ccc(N(C)c2ccc(Oc3nc4cnccc4c(=O)[nH]3)cc2)cc1. The second-order valence-electron chi connectivity index (χ2n) is 6.89. The van der Waals surface area contributed by atoms with Gasteiger partial charge in [-0.15, -0.1) is 0 Å². The Kier molecular flexibility index (Phi) is 5.45. The minimum Gasteiger partial charge on any atom is -0.426 e. The lowest BCUT2D eigenvalue weighted by Crippen LogP contribution is -2.10. The Labute approximate surface area is 173 Å². The first-order valence-corrected chi connectivity index (χ1v) is 9.53. The summed E-state index contributed by atoms with van der Waals surface area (Å²) in [6.07, 6.45) is 3.15. The minimum atomic E-state index is -0.264. The number of hydrogen-bond donors (Lipinski definition) is 1. The molecule has 2 aromatic carbocycles. The van der Waals surface area contributed by atoms with Crippen molar-refractivity contribution in [2.45, 2.75) is 13.0 Å². The molecule has 1 atom stereocenters. The van der Waals surface area contributed by atoms with Gasteiger partial charge in [-0.05, 0) is 55.0 Å². The van der Waals surface area contributed by atoms with Crippen molar-refractivity contribution in [2.24, 2.45) is 0 Å². The zero-order valence-electron chi connectivity index (χ0n) is 17.0. The molecule has 0 spiro atoms. The molecule has 0 aliphatic rings. The Morgan fingerprint density at radius 3 is 2.33 bits per heavy atom. The predicted octanol–water partition coefficient (Wildman–Crippen LogP) is 4.59. The van der Waals surface area contributed by atoms with Gasteiger partial charge in [0, 0.05) is 31.7 Å². The maximum absolute atomic E-state index is 12.2. The van der Waals surface area contributed by atoms with E-state index in [1.165, 1.54) is 6.20 Å². The van der Waals surface area contributed by atoms with Crippen LogP contribution in [0.3, 0.4) is 0 Å². The van der Waals surface area contributed by atoms with Crippen LogP contribution in [0.4, 0.5) is 11.4 Å². The van der Waals surface area contributed by atoms with E-state index in [1.807, 2.05) is 38.2 Å². The molecule has 4 aromatic rings. The predicted molar refractivity (Wildman–Crippen MR) is 117 cm³/mol. The molecule has 1 N–H and O–H groups in total. The van der Waals surface area contributed by atoms with E-state index in [1.54, 1.807) is 19.4 Å². The lowest BCUT2D eigenvalue weighted by atomic mass is 10.1. The first-order chi connectivity index (χ1) is 14.5. The Morgan fingerprint density at radius 1 is 1.00 bits per heavy atom. The van der Waals surface area contributed by atoms with Gasteiger partial charge in [-0.25, -0.2) is 0 Å². The van der Waals surface area contributed by atoms with E-state index in [4.69, 9.17) is 9.47 Å². The van der Waals surface area contributed by atoms with E-state index in [-0.39, 0.29) is 17.7 Å². The van der Waals surface area contributed by atoms with Gasteiger partial charge in [-0.3, -0.25) is 14.8 Å². The van der Waals surface area contributed by atoms with E-state index in [9.17, 15) is 4.79 Å². The summed E-state index contributed by atoms with van der Waals surface area (Å²) in [5.74, 6) is 0.572. The summed E-state index contributed by atoms with van der Waals surface area (Å²) in [5.41, 5.74) is 3.41. The topological polar surface area (TPSA) is 80.3 Å². The lowest BCUT2D eigenvalue weighted by Gasteiger charge is -2.20. The van der Waals surface area contributed by atoms with Crippen molar-refractivity contribution < 1.29 is 9.47 Å². The molecule has 0 saturated carbocycles. The molecule has 1 unspecified atom stereocenters. The quantitative estimate of drug-likeness (QED) is 0.508. The fourth-order valence-electron chi connectivity index (χ4n) is 3.12. The largest absolute Gasteiger partial charge is 0.426 e. The van der Waals surface area contributed by atoms with E-state index in [0.29, 0.717) is 16.7 Å². The second kappa shape index (κ2) is 8.34. The van der Waals surface area contributed by atoms with E-state index in [2.05, 4.69) is 44.1 Å². The second-order valence-corrected chi connectivity index (χ2v) is 6.89. The standard InChI is InChI=1S/C23H22N4O3/c1-15(29-3)16-4-6-17(7-5-16)27(2)18-8-10-19(11-9-18)30-23-25-21-14-24-13-12-20(21)22(28)26-23/h4-15H,1-3H3,(H,25,26,28). The van der Waals surface area contributed by atoms with Crippen LogP contribution in [-0.2, 0) is 4.74 Å². The number of hydrogen-bond acceptors (Lipinski definition) is 6. The smallest absolute Gasteiger partial charge is 0.302 e. The van der Waals surface area contributed by atoms with Gasteiger partial charge in [0.15, 0.2) is 0 Å². The van der Waals surface area contributed by atoms with Crippen LogP contribution in [0.25, 0.3) is 10.9 Å². The Morgan fingerprint density at radius 2 is 1.67 bits per heavy atom. The number of benzene rings is 2. The minimum absolute atomic E-state index is 0.0618. The molecule has 30 heavy (non-hydrogen) atoms. The molecule has 0 radical (unpaired) electrons. The van der Waals surface area contributed by atoms with Gasteiger partial charge in [-0.2, -0.15) is 4.98 Å². The highest BCUT2D eigenvalue weighted by atomic mass is 16.5. The van der Waals surface area contributed by atoms with E-state index >= 15 is 0 Å². The average Bonchev–Trinajstić information content (AvgIpc) is 2.79. The summed E-state index contributed by atoms with van der Waals surface area (Å²) in [5, 5.41) is 0.472. The number of aromatic amines is 1. The Hall–Kier alpha value is -3.71. The third-order valence-corrected chi connectivity index (χ3v) is 5.03. The van der Waals surface area contributed by atoms with Crippen LogP contribution in [0.5, 0.6) is 11.8 Å². The normalized spacial score (nSPS) is 12.0. The summed E-state index contributed by atoms with van der Waals surface area (Å²) in [4.78, 5) is 25.2. The monoisotopic (exact) mass is 402 g/mol. The van der Waals surface area contributed by atoms with Crippen molar-refractivity contribution in [1.29, 1.82) is 0 Å². The van der Waals surface area contributed by atoms with Crippen LogP contribution in [0.1, 0.15) is 18.6 Å². The van der Waals surface area contributed by atoms with Gasteiger partial charge in [0.2, 0.25) is 0 Å². The van der Waals surface area contributed by atoms with Crippen molar-refractivity contribution in [3.8, 4) is 11.8 Å². The molecule has 152 valence electrons. The fourth-order valence-corrected chi connectivity index (χ4v) is 3.12. The number of aromatic nitrogens is 3. The Balaban J connectivity index is 1.51.